The molecule has 1 aliphatic rings. The van der Waals surface area contributed by atoms with E-state index in [1.807, 2.05) is 12.1 Å². The quantitative estimate of drug-likeness (QED) is 0.743. The summed E-state index contributed by atoms with van der Waals surface area (Å²) < 4.78 is 5.50. The van der Waals surface area contributed by atoms with Gasteiger partial charge in [-0.2, -0.15) is 0 Å². The van der Waals surface area contributed by atoms with Gasteiger partial charge in [-0.1, -0.05) is 31.7 Å². The Labute approximate surface area is 129 Å². The molecule has 0 aliphatic carbocycles. The summed E-state index contributed by atoms with van der Waals surface area (Å²) in [6.07, 6.45) is 5.56. The van der Waals surface area contributed by atoms with Crippen molar-refractivity contribution in [2.45, 2.75) is 38.8 Å². The fourth-order valence-corrected chi connectivity index (χ4v) is 2.80. The lowest BCUT2D eigenvalue weighted by molar-refractivity contribution is 0.197. The van der Waals surface area contributed by atoms with Crippen LogP contribution >= 0.6 is 0 Å². The third-order valence-electron chi connectivity index (χ3n) is 4.01. The number of rotatable bonds is 8. The number of ether oxygens (including phenoxy) is 1. The van der Waals surface area contributed by atoms with Gasteiger partial charge in [0, 0.05) is 12.6 Å². The molecule has 21 heavy (non-hydrogen) atoms. The van der Waals surface area contributed by atoms with Gasteiger partial charge in [0.1, 0.15) is 12.4 Å². The van der Waals surface area contributed by atoms with Crippen LogP contribution in [-0.2, 0) is 6.54 Å². The Morgan fingerprint density at radius 3 is 2.62 bits per heavy atom. The van der Waals surface area contributed by atoms with Crippen molar-refractivity contribution in [1.29, 1.82) is 0 Å². The van der Waals surface area contributed by atoms with Crippen molar-refractivity contribution < 1.29 is 4.74 Å². The fraction of sp³-hybridized carbons (Fsp3) is 0.556. The lowest BCUT2D eigenvalue weighted by Gasteiger charge is -2.32. The molecule has 1 aliphatic heterocycles. The summed E-state index contributed by atoms with van der Waals surface area (Å²) in [7, 11) is 0. The minimum absolute atomic E-state index is 0.563. The predicted octanol–water partition coefficient (Wildman–Crippen LogP) is 3.22. The van der Waals surface area contributed by atoms with Crippen molar-refractivity contribution in [2.75, 3.05) is 26.2 Å². The van der Waals surface area contributed by atoms with Gasteiger partial charge in [-0.25, -0.2) is 0 Å². The van der Waals surface area contributed by atoms with Crippen molar-refractivity contribution in [3.05, 3.63) is 42.5 Å². The number of nitrogens with one attached hydrogen (secondary N) is 1. The number of benzene rings is 1. The molecule has 1 fully saturated rings. The van der Waals surface area contributed by atoms with E-state index in [0.717, 1.165) is 12.3 Å². The van der Waals surface area contributed by atoms with Crippen molar-refractivity contribution in [2.24, 2.45) is 0 Å². The maximum atomic E-state index is 5.50. The minimum atomic E-state index is 0.563. The van der Waals surface area contributed by atoms with Gasteiger partial charge >= 0.3 is 0 Å². The van der Waals surface area contributed by atoms with Crippen LogP contribution in [0, 0.1) is 0 Å². The zero-order valence-electron chi connectivity index (χ0n) is 13.2. The van der Waals surface area contributed by atoms with E-state index in [2.05, 4.69) is 35.9 Å². The van der Waals surface area contributed by atoms with E-state index >= 15 is 0 Å². The van der Waals surface area contributed by atoms with Crippen LogP contribution in [0.3, 0.4) is 0 Å². The van der Waals surface area contributed by atoms with Gasteiger partial charge in [0.2, 0.25) is 0 Å². The summed E-state index contributed by atoms with van der Waals surface area (Å²) >= 11 is 0. The molecule has 116 valence electrons. The van der Waals surface area contributed by atoms with Gasteiger partial charge in [-0.15, -0.1) is 0 Å². The van der Waals surface area contributed by atoms with Crippen LogP contribution in [0.5, 0.6) is 5.75 Å². The van der Waals surface area contributed by atoms with Crippen LogP contribution in [0.1, 0.15) is 31.7 Å². The molecule has 1 aromatic carbocycles. The highest BCUT2D eigenvalue weighted by molar-refractivity contribution is 5.27. The van der Waals surface area contributed by atoms with E-state index in [4.69, 9.17) is 4.74 Å². The summed E-state index contributed by atoms with van der Waals surface area (Å²) in [5, 5.41) is 3.68. The first-order chi connectivity index (χ1) is 10.3. The summed E-state index contributed by atoms with van der Waals surface area (Å²) in [5.74, 6) is 0.909. The maximum absolute atomic E-state index is 5.50. The molecule has 0 unspecified atom stereocenters. The molecule has 0 amide bonds. The SMILES string of the molecule is C=CCOc1ccc(CNC2CCN(CCC)CC2)cc1. The highest BCUT2D eigenvalue weighted by atomic mass is 16.5. The van der Waals surface area contributed by atoms with Gasteiger partial charge in [0.25, 0.3) is 0 Å². The number of hydrogen-bond acceptors (Lipinski definition) is 3. The number of hydrogen-bond donors (Lipinski definition) is 1. The topological polar surface area (TPSA) is 24.5 Å². The third kappa shape index (κ3) is 5.52. The Morgan fingerprint density at radius 1 is 1.29 bits per heavy atom. The second-order valence-electron chi connectivity index (χ2n) is 5.74. The normalized spacial score (nSPS) is 16.8. The van der Waals surface area contributed by atoms with Crippen LogP contribution in [0.4, 0.5) is 0 Å². The molecule has 0 saturated carbocycles. The predicted molar refractivity (Wildman–Crippen MR) is 88.7 cm³/mol. The average Bonchev–Trinajstić information content (AvgIpc) is 2.53. The smallest absolute Gasteiger partial charge is 0.119 e. The third-order valence-corrected chi connectivity index (χ3v) is 4.01. The monoisotopic (exact) mass is 288 g/mol. The van der Waals surface area contributed by atoms with Crippen LogP contribution < -0.4 is 10.1 Å². The van der Waals surface area contributed by atoms with Crippen LogP contribution in [0.2, 0.25) is 0 Å². The summed E-state index contributed by atoms with van der Waals surface area (Å²) in [6.45, 7) is 11.1. The molecule has 0 bridgehead atoms. The van der Waals surface area contributed by atoms with E-state index < -0.39 is 0 Å². The fourth-order valence-electron chi connectivity index (χ4n) is 2.80. The molecule has 3 heteroatoms. The molecule has 1 N–H and O–H groups in total. The molecular formula is C18H28N2O. The second kappa shape index (κ2) is 8.85. The van der Waals surface area contributed by atoms with Gasteiger partial charge in [-0.05, 0) is 56.6 Å². The second-order valence-corrected chi connectivity index (χ2v) is 5.74. The maximum Gasteiger partial charge on any atom is 0.119 e. The lowest BCUT2D eigenvalue weighted by atomic mass is 10.0. The largest absolute Gasteiger partial charge is 0.490 e. The number of likely N-dealkylation sites (tertiary alicyclic amines) is 1. The van der Waals surface area contributed by atoms with Crippen molar-refractivity contribution in [3.8, 4) is 5.75 Å². The molecule has 0 spiro atoms. The lowest BCUT2D eigenvalue weighted by Crippen LogP contribution is -2.42. The Bertz CT molecular complexity index is 408. The Balaban J connectivity index is 1.70. The average molecular weight is 288 g/mol. The highest BCUT2D eigenvalue weighted by Crippen LogP contribution is 2.14. The zero-order valence-corrected chi connectivity index (χ0v) is 13.2. The summed E-state index contributed by atoms with van der Waals surface area (Å²) in [5.41, 5.74) is 1.32. The van der Waals surface area contributed by atoms with Gasteiger partial charge < -0.3 is 15.0 Å². The minimum Gasteiger partial charge on any atom is -0.490 e. The molecule has 2 rings (SSSR count). The van der Waals surface area contributed by atoms with E-state index in [1.165, 1.54) is 44.5 Å². The molecule has 0 atom stereocenters. The first-order valence-corrected chi connectivity index (χ1v) is 8.10. The first-order valence-electron chi connectivity index (χ1n) is 8.10. The molecule has 1 heterocycles. The van der Waals surface area contributed by atoms with Crippen molar-refractivity contribution in [3.63, 3.8) is 0 Å². The van der Waals surface area contributed by atoms with Crippen LogP contribution in [-0.4, -0.2) is 37.2 Å². The first kappa shape index (κ1) is 16.1. The van der Waals surface area contributed by atoms with Crippen LogP contribution in [0.15, 0.2) is 36.9 Å². The van der Waals surface area contributed by atoms with E-state index in [1.54, 1.807) is 6.08 Å². The number of piperidine rings is 1. The molecular weight excluding hydrogens is 260 g/mol. The van der Waals surface area contributed by atoms with E-state index in [0.29, 0.717) is 12.6 Å². The highest BCUT2D eigenvalue weighted by Gasteiger charge is 2.17. The molecule has 1 aromatic rings. The van der Waals surface area contributed by atoms with E-state index in [9.17, 15) is 0 Å². The van der Waals surface area contributed by atoms with Crippen LogP contribution in [0.25, 0.3) is 0 Å². The summed E-state index contributed by atoms with van der Waals surface area (Å²) in [6, 6.07) is 9.00. The van der Waals surface area contributed by atoms with Crippen molar-refractivity contribution >= 4 is 0 Å². The van der Waals surface area contributed by atoms with Gasteiger partial charge in [0.05, 0.1) is 0 Å². The van der Waals surface area contributed by atoms with Gasteiger partial charge in [0.15, 0.2) is 0 Å². The van der Waals surface area contributed by atoms with E-state index in [-0.39, 0.29) is 0 Å². The molecule has 0 radical (unpaired) electrons. The molecule has 1 saturated heterocycles. The molecule has 0 aromatic heterocycles. The zero-order chi connectivity index (χ0) is 14.9. The standard InChI is InChI=1S/C18H28N2O/c1-3-11-20-12-9-17(10-13-20)19-15-16-5-7-18(8-6-16)21-14-4-2/h4-8,17,19H,2-3,9-15H2,1H3. The Hall–Kier alpha value is -1.32. The Kier molecular flexibility index (Phi) is 6.77. The van der Waals surface area contributed by atoms with Gasteiger partial charge in [-0.3, -0.25) is 0 Å². The van der Waals surface area contributed by atoms with Crippen molar-refractivity contribution in [1.82, 2.24) is 10.2 Å². The Morgan fingerprint density at radius 2 is 2.00 bits per heavy atom. The summed E-state index contributed by atoms with van der Waals surface area (Å²) in [4.78, 5) is 2.57. The molecule has 3 nitrogen and oxygen atoms in total. The number of nitrogens with zero attached hydrogens (tertiary/aromatic N) is 1.